The first-order valence-electron chi connectivity index (χ1n) is 7.11. The van der Waals surface area contributed by atoms with E-state index in [1.807, 2.05) is 60.7 Å². The highest BCUT2D eigenvalue weighted by atomic mass is 35.5. The first-order chi connectivity index (χ1) is 10.7. The third kappa shape index (κ3) is 4.02. The van der Waals surface area contributed by atoms with Crippen LogP contribution < -0.4 is 0 Å². The highest BCUT2D eigenvalue weighted by Gasteiger charge is 2.25. The minimum Gasteiger partial charge on any atom is -0.331 e. The van der Waals surface area contributed by atoms with E-state index >= 15 is 0 Å². The lowest BCUT2D eigenvalue weighted by Gasteiger charge is -2.31. The van der Waals surface area contributed by atoms with Crippen molar-refractivity contribution in [3.8, 4) is 0 Å². The lowest BCUT2D eigenvalue weighted by molar-refractivity contribution is -0.129. The summed E-state index contributed by atoms with van der Waals surface area (Å²) in [6, 6.07) is 11.4. The van der Waals surface area contributed by atoms with Crippen molar-refractivity contribution in [2.45, 2.75) is 13.0 Å². The summed E-state index contributed by atoms with van der Waals surface area (Å²) >= 11 is 7.53. The third-order valence-corrected chi connectivity index (χ3v) is 4.21. The van der Waals surface area contributed by atoms with Gasteiger partial charge in [0.2, 0.25) is 5.91 Å². The summed E-state index contributed by atoms with van der Waals surface area (Å²) < 4.78 is 0. The van der Waals surface area contributed by atoms with E-state index in [0.717, 1.165) is 11.1 Å². The molecular weight excluding hydrogens is 316 g/mol. The predicted octanol–water partition coefficient (Wildman–Crippen LogP) is 4.04. The minimum absolute atomic E-state index is 0.124. The van der Waals surface area contributed by atoms with Crippen LogP contribution in [-0.2, 0) is 4.79 Å². The number of nitrogens with zero attached hydrogens (tertiary/aromatic N) is 2. The van der Waals surface area contributed by atoms with Crippen molar-refractivity contribution in [3.05, 3.63) is 64.9 Å². The smallest absolute Gasteiger partial charge is 0.233 e. The zero-order valence-corrected chi connectivity index (χ0v) is 14.3. The Labute approximate surface area is 140 Å². The quantitative estimate of drug-likeness (QED) is 0.799. The highest BCUT2D eigenvalue weighted by Crippen LogP contribution is 2.29. The summed E-state index contributed by atoms with van der Waals surface area (Å²) in [5, 5.41) is 0.687. The van der Waals surface area contributed by atoms with E-state index in [1.54, 1.807) is 6.20 Å². The third-order valence-electron chi connectivity index (χ3n) is 3.43. The number of pyridine rings is 1. The fraction of sp³-hybridized carbons (Fsp3) is 0.294. The topological polar surface area (TPSA) is 33.2 Å². The van der Waals surface area contributed by atoms with Crippen molar-refractivity contribution >= 4 is 29.3 Å². The molecule has 1 heterocycles. The first kappa shape index (κ1) is 16.8. The van der Waals surface area contributed by atoms with Crippen molar-refractivity contribution in [2.24, 2.45) is 0 Å². The number of aromatic nitrogens is 1. The second kappa shape index (κ2) is 8.20. The number of rotatable bonds is 6. The Balaban J connectivity index is 2.45. The maximum absolute atomic E-state index is 12.5. The Kier molecular flexibility index (Phi) is 6.28. The summed E-state index contributed by atoms with van der Waals surface area (Å²) in [6.07, 6.45) is 5.49. The van der Waals surface area contributed by atoms with Crippen molar-refractivity contribution in [2.75, 3.05) is 18.6 Å². The Morgan fingerprint density at radius 1 is 1.27 bits per heavy atom. The van der Waals surface area contributed by atoms with E-state index in [0.29, 0.717) is 17.3 Å². The molecule has 1 aromatic carbocycles. The molecular formula is C17H19ClN2OS. The molecule has 0 saturated carbocycles. The molecule has 116 valence electrons. The van der Waals surface area contributed by atoms with Gasteiger partial charge in [0.25, 0.3) is 0 Å². The average Bonchev–Trinajstić information content (AvgIpc) is 2.54. The molecule has 0 N–H and O–H groups in total. The van der Waals surface area contributed by atoms with Crippen LogP contribution in [0.5, 0.6) is 0 Å². The molecule has 1 amide bonds. The molecule has 0 aliphatic carbocycles. The maximum Gasteiger partial charge on any atom is 0.233 e. The lowest BCUT2D eigenvalue weighted by Crippen LogP contribution is -2.36. The fourth-order valence-corrected chi connectivity index (χ4v) is 2.98. The van der Waals surface area contributed by atoms with E-state index in [4.69, 9.17) is 11.6 Å². The van der Waals surface area contributed by atoms with Gasteiger partial charge in [0.05, 0.1) is 11.8 Å². The van der Waals surface area contributed by atoms with Crippen molar-refractivity contribution in [1.29, 1.82) is 0 Å². The molecule has 0 saturated heterocycles. The van der Waals surface area contributed by atoms with Crippen molar-refractivity contribution in [3.63, 3.8) is 0 Å². The van der Waals surface area contributed by atoms with E-state index in [-0.39, 0.29) is 11.9 Å². The van der Waals surface area contributed by atoms with Crippen LogP contribution in [-0.4, -0.2) is 34.3 Å². The molecule has 0 bridgehead atoms. The van der Waals surface area contributed by atoms with Gasteiger partial charge in [-0.1, -0.05) is 29.8 Å². The number of hydrogen-bond acceptors (Lipinski definition) is 3. The number of amides is 1. The summed E-state index contributed by atoms with van der Waals surface area (Å²) in [6.45, 7) is 2.64. The molecule has 0 aliphatic rings. The van der Waals surface area contributed by atoms with Gasteiger partial charge in [-0.05, 0) is 42.5 Å². The number of thioether (sulfide) groups is 1. The molecule has 1 aromatic heterocycles. The Morgan fingerprint density at radius 3 is 2.55 bits per heavy atom. The van der Waals surface area contributed by atoms with Gasteiger partial charge in [0.1, 0.15) is 0 Å². The molecule has 3 nitrogen and oxygen atoms in total. The first-order valence-corrected chi connectivity index (χ1v) is 8.88. The molecule has 0 aliphatic heterocycles. The summed E-state index contributed by atoms with van der Waals surface area (Å²) in [5.41, 5.74) is 2.04. The van der Waals surface area contributed by atoms with E-state index in [9.17, 15) is 4.79 Å². The molecule has 5 heteroatoms. The van der Waals surface area contributed by atoms with Gasteiger partial charge in [-0.15, -0.1) is 0 Å². The normalized spacial score (nSPS) is 12.0. The monoisotopic (exact) mass is 334 g/mol. The van der Waals surface area contributed by atoms with Gasteiger partial charge in [-0.25, -0.2) is 0 Å². The average molecular weight is 335 g/mol. The van der Waals surface area contributed by atoms with Crippen LogP contribution in [0.2, 0.25) is 5.02 Å². The lowest BCUT2D eigenvalue weighted by atomic mass is 9.98. The van der Waals surface area contributed by atoms with Crippen LogP contribution in [0.1, 0.15) is 24.1 Å². The van der Waals surface area contributed by atoms with Crippen molar-refractivity contribution in [1.82, 2.24) is 9.88 Å². The Bertz CT molecular complexity index is 604. The molecule has 2 aromatic rings. The fourth-order valence-electron chi connectivity index (χ4n) is 2.44. The van der Waals surface area contributed by atoms with Crippen LogP contribution in [0, 0.1) is 0 Å². The SMILES string of the molecule is CCN(C(=O)CSC)C(c1ccc(Cl)cc1)c1cccnc1. The van der Waals surface area contributed by atoms with Gasteiger partial charge >= 0.3 is 0 Å². The van der Waals surface area contributed by atoms with Gasteiger partial charge < -0.3 is 4.90 Å². The van der Waals surface area contributed by atoms with Crippen LogP contribution >= 0.6 is 23.4 Å². The number of hydrogen-bond donors (Lipinski definition) is 0. The number of halogens is 1. The molecule has 0 spiro atoms. The van der Waals surface area contributed by atoms with Crippen LogP contribution in [0.3, 0.4) is 0 Å². The van der Waals surface area contributed by atoms with Gasteiger partial charge in [0.15, 0.2) is 0 Å². The summed E-state index contributed by atoms with van der Waals surface area (Å²) in [5.74, 6) is 0.594. The summed E-state index contributed by atoms with van der Waals surface area (Å²) in [7, 11) is 0. The molecule has 1 atom stereocenters. The zero-order valence-electron chi connectivity index (χ0n) is 12.7. The van der Waals surface area contributed by atoms with Crippen LogP contribution in [0.4, 0.5) is 0 Å². The molecule has 2 rings (SSSR count). The predicted molar refractivity (Wildman–Crippen MR) is 93.3 cm³/mol. The minimum atomic E-state index is -0.143. The molecule has 22 heavy (non-hydrogen) atoms. The standard InChI is InChI=1S/C17H19ClN2OS/c1-3-20(16(21)12-22-2)17(14-5-4-10-19-11-14)13-6-8-15(18)9-7-13/h4-11,17H,3,12H2,1-2H3. The van der Waals surface area contributed by atoms with E-state index < -0.39 is 0 Å². The van der Waals surface area contributed by atoms with Crippen LogP contribution in [0.15, 0.2) is 48.8 Å². The Morgan fingerprint density at radius 2 is 2.00 bits per heavy atom. The van der Waals surface area contributed by atoms with Gasteiger partial charge in [-0.3, -0.25) is 9.78 Å². The maximum atomic E-state index is 12.5. The molecule has 0 fully saturated rings. The Hall–Kier alpha value is -1.52. The summed E-state index contributed by atoms with van der Waals surface area (Å²) in [4.78, 5) is 18.6. The second-order valence-electron chi connectivity index (χ2n) is 4.85. The van der Waals surface area contributed by atoms with Crippen molar-refractivity contribution < 1.29 is 4.79 Å². The molecule has 0 radical (unpaired) electrons. The van der Waals surface area contributed by atoms with Gasteiger partial charge in [0, 0.05) is 24.0 Å². The second-order valence-corrected chi connectivity index (χ2v) is 6.16. The van der Waals surface area contributed by atoms with E-state index in [2.05, 4.69) is 4.98 Å². The van der Waals surface area contributed by atoms with E-state index in [1.165, 1.54) is 11.8 Å². The largest absolute Gasteiger partial charge is 0.331 e. The number of benzene rings is 1. The zero-order chi connectivity index (χ0) is 15.9. The van der Waals surface area contributed by atoms with Gasteiger partial charge in [-0.2, -0.15) is 11.8 Å². The number of carbonyl (C=O) groups is 1. The molecule has 1 unspecified atom stereocenters. The highest BCUT2D eigenvalue weighted by molar-refractivity contribution is 7.99. The van der Waals surface area contributed by atoms with Crippen LogP contribution in [0.25, 0.3) is 0 Å². The number of carbonyl (C=O) groups excluding carboxylic acids is 1.